The van der Waals surface area contributed by atoms with Crippen LogP contribution in [0.5, 0.6) is 0 Å². The second-order valence-electron chi connectivity index (χ2n) is 10.4. The Bertz CT molecular complexity index is 1810. The standard InChI is InChI=1S/C34H23ClN2O4/c35-24-15-13-22(14-16-24)32(39)30-29-28(27-19-23(17-18-36(27)30)31(38)21-8-2-1-3-9-21)33(40)37(34(29)41)26-12-6-10-20-7-4-5-11-25(20)26/h1-19,27-30H/t27-,28+,29+,30+/m1/s1. The summed E-state index contributed by atoms with van der Waals surface area (Å²) in [6.45, 7) is 0. The lowest BCUT2D eigenvalue weighted by Gasteiger charge is -2.33. The number of Topliss-reactive ketones (excluding diaryl/α,β-unsaturated/α-hetero) is 2. The molecule has 6 nitrogen and oxygen atoms in total. The number of hydrogen-bond donors (Lipinski definition) is 0. The zero-order valence-electron chi connectivity index (χ0n) is 21.7. The summed E-state index contributed by atoms with van der Waals surface area (Å²) in [5.41, 5.74) is 1.82. The lowest BCUT2D eigenvalue weighted by Crippen LogP contribution is -2.46. The fourth-order valence-electron chi connectivity index (χ4n) is 6.38. The highest BCUT2D eigenvalue weighted by molar-refractivity contribution is 6.31. The Morgan fingerprint density at radius 3 is 2.17 bits per heavy atom. The summed E-state index contributed by atoms with van der Waals surface area (Å²) in [5, 5.41) is 2.16. The number of imide groups is 1. The second kappa shape index (κ2) is 9.68. The van der Waals surface area contributed by atoms with Crippen LogP contribution in [0.2, 0.25) is 5.02 Å². The van der Waals surface area contributed by atoms with E-state index in [-0.39, 0.29) is 17.5 Å². The first-order valence-electron chi connectivity index (χ1n) is 13.4. The molecule has 0 N–H and O–H groups in total. The molecule has 4 aromatic rings. The van der Waals surface area contributed by atoms with Crippen LogP contribution in [-0.2, 0) is 9.59 Å². The molecule has 41 heavy (non-hydrogen) atoms. The van der Waals surface area contributed by atoms with Crippen LogP contribution in [-0.4, -0.2) is 40.4 Å². The minimum Gasteiger partial charge on any atom is -0.359 e. The summed E-state index contributed by atoms with van der Waals surface area (Å²) in [7, 11) is 0. The number of rotatable bonds is 5. The van der Waals surface area contributed by atoms with Gasteiger partial charge in [-0.25, -0.2) is 4.90 Å². The molecule has 2 saturated heterocycles. The number of carbonyl (C=O) groups is 4. The maximum atomic E-state index is 14.2. The summed E-state index contributed by atoms with van der Waals surface area (Å²) >= 11 is 6.07. The van der Waals surface area contributed by atoms with E-state index in [0.29, 0.717) is 27.4 Å². The normalized spacial score (nSPS) is 23.0. The zero-order chi connectivity index (χ0) is 28.2. The predicted octanol–water partition coefficient (Wildman–Crippen LogP) is 5.87. The third-order valence-corrected chi connectivity index (χ3v) is 8.50. The fourth-order valence-corrected chi connectivity index (χ4v) is 6.51. The molecule has 0 spiro atoms. The zero-order valence-corrected chi connectivity index (χ0v) is 22.4. The van der Waals surface area contributed by atoms with Crippen LogP contribution >= 0.6 is 11.6 Å². The van der Waals surface area contributed by atoms with E-state index in [2.05, 4.69) is 0 Å². The van der Waals surface area contributed by atoms with Crippen LogP contribution < -0.4 is 4.90 Å². The van der Waals surface area contributed by atoms with E-state index >= 15 is 0 Å². The average Bonchev–Trinajstić information content (AvgIpc) is 3.48. The van der Waals surface area contributed by atoms with E-state index in [1.165, 1.54) is 4.90 Å². The highest BCUT2D eigenvalue weighted by Crippen LogP contribution is 2.48. The fraction of sp³-hybridized carbons (Fsp3) is 0.118. The van der Waals surface area contributed by atoms with Crippen molar-refractivity contribution in [2.75, 3.05) is 4.90 Å². The molecule has 0 saturated carbocycles. The third-order valence-electron chi connectivity index (χ3n) is 8.25. The maximum Gasteiger partial charge on any atom is 0.240 e. The van der Waals surface area contributed by atoms with E-state index in [9.17, 15) is 19.2 Å². The first-order chi connectivity index (χ1) is 19.9. The van der Waals surface area contributed by atoms with Gasteiger partial charge in [-0.3, -0.25) is 19.2 Å². The molecule has 0 bridgehead atoms. The van der Waals surface area contributed by atoms with Crippen molar-refractivity contribution < 1.29 is 19.2 Å². The van der Waals surface area contributed by atoms with Crippen LogP contribution in [0.4, 0.5) is 5.69 Å². The molecule has 0 unspecified atom stereocenters. The van der Waals surface area contributed by atoms with Gasteiger partial charge >= 0.3 is 0 Å². The molecule has 2 amide bonds. The molecular weight excluding hydrogens is 536 g/mol. The van der Waals surface area contributed by atoms with Crippen molar-refractivity contribution in [3.63, 3.8) is 0 Å². The molecule has 3 heterocycles. The second-order valence-corrected chi connectivity index (χ2v) is 10.9. The number of benzene rings is 4. The molecule has 3 aliphatic rings. The van der Waals surface area contributed by atoms with Gasteiger partial charge in [-0.05, 0) is 41.8 Å². The molecule has 0 aromatic heterocycles. The molecule has 7 heteroatoms. The number of carbonyl (C=O) groups excluding carboxylic acids is 4. The minimum absolute atomic E-state index is 0.187. The molecule has 4 atom stereocenters. The number of anilines is 1. The highest BCUT2D eigenvalue weighted by atomic mass is 35.5. The van der Waals surface area contributed by atoms with Crippen LogP contribution in [0.3, 0.4) is 0 Å². The van der Waals surface area contributed by atoms with Crippen LogP contribution in [0, 0.1) is 11.8 Å². The molecule has 4 aromatic carbocycles. The molecule has 3 aliphatic heterocycles. The lowest BCUT2D eigenvalue weighted by molar-refractivity contribution is -0.123. The Labute approximate surface area is 241 Å². The Morgan fingerprint density at radius 1 is 0.707 bits per heavy atom. The van der Waals surface area contributed by atoms with Crippen molar-refractivity contribution in [2.24, 2.45) is 11.8 Å². The maximum absolute atomic E-state index is 14.2. The quantitative estimate of drug-likeness (QED) is 0.226. The van der Waals surface area contributed by atoms with Gasteiger partial charge < -0.3 is 4.90 Å². The average molecular weight is 559 g/mol. The Balaban J connectivity index is 1.34. The van der Waals surface area contributed by atoms with Crippen molar-refractivity contribution in [3.8, 4) is 0 Å². The first-order valence-corrected chi connectivity index (χ1v) is 13.7. The summed E-state index contributed by atoms with van der Waals surface area (Å²) < 4.78 is 0. The summed E-state index contributed by atoms with van der Waals surface area (Å²) in [6, 6.07) is 26.9. The number of allylic oxidation sites excluding steroid dienone is 2. The van der Waals surface area contributed by atoms with Gasteiger partial charge in [-0.1, -0.05) is 84.4 Å². The van der Waals surface area contributed by atoms with Gasteiger partial charge in [0.2, 0.25) is 11.8 Å². The molecule has 7 rings (SSSR count). The highest BCUT2D eigenvalue weighted by Gasteiger charge is 2.63. The molecular formula is C34H23ClN2O4. The first kappa shape index (κ1) is 25.2. The molecule has 2 fully saturated rings. The Morgan fingerprint density at radius 2 is 1.39 bits per heavy atom. The molecule has 0 aliphatic carbocycles. The summed E-state index contributed by atoms with van der Waals surface area (Å²) in [6.07, 6.45) is 5.08. The lowest BCUT2D eigenvalue weighted by atomic mass is 9.85. The van der Waals surface area contributed by atoms with Gasteiger partial charge in [-0.2, -0.15) is 0 Å². The van der Waals surface area contributed by atoms with Crippen LogP contribution in [0.1, 0.15) is 20.7 Å². The van der Waals surface area contributed by atoms with E-state index in [1.807, 2.05) is 42.5 Å². The van der Waals surface area contributed by atoms with Crippen molar-refractivity contribution in [1.82, 2.24) is 4.90 Å². The van der Waals surface area contributed by atoms with Gasteiger partial charge in [0.1, 0.15) is 6.04 Å². The predicted molar refractivity (Wildman–Crippen MR) is 157 cm³/mol. The number of hydrogen-bond acceptors (Lipinski definition) is 5. The van der Waals surface area contributed by atoms with Crippen LogP contribution in [0.15, 0.2) is 121 Å². The van der Waals surface area contributed by atoms with Crippen molar-refractivity contribution in [2.45, 2.75) is 12.1 Å². The van der Waals surface area contributed by atoms with E-state index in [1.54, 1.807) is 77.8 Å². The molecule has 200 valence electrons. The minimum atomic E-state index is -0.929. The topological polar surface area (TPSA) is 74.8 Å². The number of nitrogens with zero attached hydrogens (tertiary/aromatic N) is 2. The van der Waals surface area contributed by atoms with Crippen molar-refractivity contribution >= 4 is 51.4 Å². The number of amides is 2. The van der Waals surface area contributed by atoms with Gasteiger partial charge in [0.25, 0.3) is 0 Å². The monoisotopic (exact) mass is 558 g/mol. The molecule has 0 radical (unpaired) electrons. The smallest absolute Gasteiger partial charge is 0.240 e. The van der Waals surface area contributed by atoms with Crippen molar-refractivity contribution in [1.29, 1.82) is 0 Å². The van der Waals surface area contributed by atoms with Gasteiger partial charge in [-0.15, -0.1) is 0 Å². The Hall–Kier alpha value is -4.81. The van der Waals surface area contributed by atoms with Crippen LogP contribution in [0.25, 0.3) is 10.8 Å². The number of ketones is 2. The summed E-state index contributed by atoms with van der Waals surface area (Å²) in [5.74, 6) is -3.04. The van der Waals surface area contributed by atoms with E-state index < -0.39 is 29.8 Å². The van der Waals surface area contributed by atoms with Gasteiger partial charge in [0.15, 0.2) is 11.6 Å². The van der Waals surface area contributed by atoms with Crippen molar-refractivity contribution in [3.05, 3.63) is 137 Å². The summed E-state index contributed by atoms with van der Waals surface area (Å²) in [4.78, 5) is 58.8. The Kier molecular flexibility index (Phi) is 5.94. The van der Waals surface area contributed by atoms with Gasteiger partial charge in [0, 0.05) is 33.3 Å². The number of fused-ring (bicyclic) bond motifs is 4. The van der Waals surface area contributed by atoms with Gasteiger partial charge in [0.05, 0.1) is 23.6 Å². The SMILES string of the molecule is O=C(C1=C[C@@H]2[C@@H]3C(=O)N(c4cccc5ccccc45)C(=O)[C@@H]3[C@@H](C(=O)c3ccc(Cl)cc3)N2C=C1)c1ccccc1. The number of halogens is 1. The van der Waals surface area contributed by atoms with E-state index in [4.69, 9.17) is 11.6 Å². The largest absolute Gasteiger partial charge is 0.359 e. The third kappa shape index (κ3) is 3.94. The van der Waals surface area contributed by atoms with E-state index in [0.717, 1.165) is 10.8 Å².